The molecule has 2 saturated heterocycles. The monoisotopic (exact) mass is 409 g/mol. The van der Waals surface area contributed by atoms with Gasteiger partial charge < -0.3 is 15.0 Å². The molecule has 0 saturated carbocycles. The van der Waals surface area contributed by atoms with Gasteiger partial charge in [-0.25, -0.2) is 0 Å². The van der Waals surface area contributed by atoms with E-state index in [1.807, 2.05) is 24.3 Å². The number of pyridine rings is 1. The fourth-order valence-electron chi connectivity index (χ4n) is 4.17. The minimum absolute atomic E-state index is 0.0626. The Balaban J connectivity index is 1.65. The lowest BCUT2D eigenvalue weighted by Crippen LogP contribution is -2.61. The van der Waals surface area contributed by atoms with Crippen LogP contribution < -0.4 is 10.9 Å². The SMILES string of the molecule is Cc1ccn(-c2cccc(C(C)C)c2)c(=O)c1C(=O)N1CC[C@H]2OCC(=O)N[C@H]2C1. The number of ether oxygens (including phenoxy) is 1. The Morgan fingerprint density at radius 1 is 1.23 bits per heavy atom. The molecule has 1 N–H and O–H groups in total. The summed E-state index contributed by atoms with van der Waals surface area (Å²) in [5.74, 6) is -0.139. The Hall–Kier alpha value is -2.93. The normalized spacial score (nSPS) is 21.3. The van der Waals surface area contributed by atoms with Gasteiger partial charge in [-0.2, -0.15) is 0 Å². The molecule has 0 aliphatic carbocycles. The van der Waals surface area contributed by atoms with Crippen molar-refractivity contribution in [3.05, 3.63) is 63.6 Å². The number of benzene rings is 1. The van der Waals surface area contributed by atoms with E-state index in [4.69, 9.17) is 4.74 Å². The van der Waals surface area contributed by atoms with Crippen molar-refractivity contribution in [1.29, 1.82) is 0 Å². The first-order valence-corrected chi connectivity index (χ1v) is 10.4. The largest absolute Gasteiger partial charge is 0.366 e. The van der Waals surface area contributed by atoms with Gasteiger partial charge in [-0.15, -0.1) is 0 Å². The third kappa shape index (κ3) is 3.77. The highest BCUT2D eigenvalue weighted by molar-refractivity contribution is 5.95. The van der Waals surface area contributed by atoms with Crippen LogP contribution in [0.25, 0.3) is 5.69 Å². The molecule has 30 heavy (non-hydrogen) atoms. The fraction of sp³-hybridized carbons (Fsp3) is 0.435. The van der Waals surface area contributed by atoms with Crippen LogP contribution in [-0.4, -0.2) is 53.1 Å². The lowest BCUT2D eigenvalue weighted by atomic mass is 9.99. The number of carbonyl (C=O) groups excluding carboxylic acids is 2. The summed E-state index contributed by atoms with van der Waals surface area (Å²) in [5, 5.41) is 2.90. The number of nitrogens with one attached hydrogen (secondary N) is 1. The average molecular weight is 409 g/mol. The maximum atomic E-state index is 13.3. The number of carbonyl (C=O) groups is 2. The van der Waals surface area contributed by atoms with Crippen LogP contribution in [0.1, 0.15) is 47.7 Å². The number of fused-ring (bicyclic) bond motifs is 1. The van der Waals surface area contributed by atoms with E-state index in [0.29, 0.717) is 31.0 Å². The maximum Gasteiger partial charge on any atom is 0.268 e. The van der Waals surface area contributed by atoms with Gasteiger partial charge in [-0.1, -0.05) is 26.0 Å². The number of amides is 2. The molecule has 2 aromatic rings. The Morgan fingerprint density at radius 2 is 2.03 bits per heavy atom. The van der Waals surface area contributed by atoms with E-state index in [-0.39, 0.29) is 41.7 Å². The molecule has 1 aromatic heterocycles. The predicted octanol–water partition coefficient (Wildman–Crippen LogP) is 2.00. The van der Waals surface area contributed by atoms with Gasteiger partial charge in [0.1, 0.15) is 12.2 Å². The van der Waals surface area contributed by atoms with Gasteiger partial charge in [-0.3, -0.25) is 19.0 Å². The number of aryl methyl sites for hydroxylation is 1. The Morgan fingerprint density at radius 3 is 2.80 bits per heavy atom. The predicted molar refractivity (Wildman–Crippen MR) is 113 cm³/mol. The molecule has 2 aliphatic heterocycles. The standard InChI is InChI=1S/C23H27N3O4/c1-14(2)16-5-4-6-17(11-16)26-10-7-15(3)21(23(26)29)22(28)25-9-8-19-18(12-25)24-20(27)13-30-19/h4-7,10-11,14,18-19H,8-9,12-13H2,1-3H3,(H,24,27)/t18-,19+/m0/s1. The van der Waals surface area contributed by atoms with Gasteiger partial charge in [0.15, 0.2) is 0 Å². The third-order valence-corrected chi connectivity index (χ3v) is 5.94. The van der Waals surface area contributed by atoms with Crippen LogP contribution in [0.3, 0.4) is 0 Å². The van der Waals surface area contributed by atoms with Crippen molar-refractivity contribution in [2.24, 2.45) is 0 Å². The van der Waals surface area contributed by atoms with Crippen molar-refractivity contribution in [2.45, 2.75) is 45.3 Å². The first-order valence-electron chi connectivity index (χ1n) is 10.4. The highest BCUT2D eigenvalue weighted by Crippen LogP contribution is 2.21. The van der Waals surface area contributed by atoms with Crippen molar-refractivity contribution in [2.75, 3.05) is 19.7 Å². The van der Waals surface area contributed by atoms with Gasteiger partial charge in [0.2, 0.25) is 5.91 Å². The zero-order valence-electron chi connectivity index (χ0n) is 17.6. The first-order chi connectivity index (χ1) is 14.3. The average Bonchev–Trinajstić information content (AvgIpc) is 2.73. The van der Waals surface area contributed by atoms with Crippen LogP contribution in [0, 0.1) is 6.92 Å². The van der Waals surface area contributed by atoms with E-state index in [2.05, 4.69) is 19.2 Å². The van der Waals surface area contributed by atoms with Gasteiger partial charge in [0.05, 0.1) is 12.1 Å². The van der Waals surface area contributed by atoms with Gasteiger partial charge >= 0.3 is 0 Å². The second kappa shape index (κ2) is 8.07. The van der Waals surface area contributed by atoms with Gasteiger partial charge in [0, 0.05) is 25.0 Å². The zero-order chi connectivity index (χ0) is 21.4. The molecular formula is C23H27N3O4. The minimum Gasteiger partial charge on any atom is -0.366 e. The van der Waals surface area contributed by atoms with Gasteiger partial charge in [0.25, 0.3) is 11.5 Å². The molecule has 3 heterocycles. The lowest BCUT2D eigenvalue weighted by molar-refractivity contribution is -0.139. The fourth-order valence-corrected chi connectivity index (χ4v) is 4.17. The summed E-state index contributed by atoms with van der Waals surface area (Å²) in [4.78, 5) is 39.9. The number of rotatable bonds is 3. The molecule has 2 aliphatic rings. The van der Waals surface area contributed by atoms with Gasteiger partial charge in [-0.05, 0) is 48.6 Å². The van der Waals surface area contributed by atoms with Crippen molar-refractivity contribution in [3.63, 3.8) is 0 Å². The zero-order valence-corrected chi connectivity index (χ0v) is 17.6. The van der Waals surface area contributed by atoms with Crippen molar-refractivity contribution in [1.82, 2.24) is 14.8 Å². The number of morpholine rings is 1. The summed E-state index contributed by atoms with van der Waals surface area (Å²) < 4.78 is 7.10. The Labute approximate surface area is 175 Å². The topological polar surface area (TPSA) is 80.6 Å². The second-order valence-corrected chi connectivity index (χ2v) is 8.36. The molecule has 7 heteroatoms. The molecular weight excluding hydrogens is 382 g/mol. The van der Waals surface area contributed by atoms with Crippen molar-refractivity contribution in [3.8, 4) is 5.69 Å². The summed E-state index contributed by atoms with van der Waals surface area (Å²) in [6.45, 7) is 6.87. The summed E-state index contributed by atoms with van der Waals surface area (Å²) in [6.07, 6.45) is 2.27. The minimum atomic E-state index is -0.327. The Bertz CT molecular complexity index is 1040. The van der Waals surface area contributed by atoms with Crippen LogP contribution in [0.5, 0.6) is 0 Å². The second-order valence-electron chi connectivity index (χ2n) is 8.36. The number of likely N-dealkylation sites (tertiary alicyclic amines) is 1. The molecule has 0 unspecified atom stereocenters. The number of piperidine rings is 1. The van der Waals surface area contributed by atoms with Crippen molar-refractivity contribution >= 4 is 11.8 Å². The summed E-state index contributed by atoms with van der Waals surface area (Å²) >= 11 is 0. The molecule has 2 fully saturated rings. The molecule has 7 nitrogen and oxygen atoms in total. The Kier molecular flexibility index (Phi) is 5.47. The highest BCUT2D eigenvalue weighted by atomic mass is 16.5. The smallest absolute Gasteiger partial charge is 0.268 e. The van der Waals surface area contributed by atoms with Crippen LogP contribution in [0.4, 0.5) is 0 Å². The number of nitrogens with zero attached hydrogens (tertiary/aromatic N) is 2. The van der Waals surface area contributed by atoms with Crippen LogP contribution in [-0.2, 0) is 9.53 Å². The van der Waals surface area contributed by atoms with E-state index in [0.717, 1.165) is 11.3 Å². The maximum absolute atomic E-state index is 13.3. The summed E-state index contributed by atoms with van der Waals surface area (Å²) in [6, 6.07) is 9.37. The van der Waals surface area contributed by atoms with E-state index in [1.165, 1.54) is 4.57 Å². The van der Waals surface area contributed by atoms with Crippen molar-refractivity contribution < 1.29 is 14.3 Å². The third-order valence-electron chi connectivity index (χ3n) is 5.94. The van der Waals surface area contributed by atoms with E-state index < -0.39 is 0 Å². The van der Waals surface area contributed by atoms with E-state index in [1.54, 1.807) is 24.1 Å². The number of aromatic nitrogens is 1. The molecule has 0 bridgehead atoms. The van der Waals surface area contributed by atoms with Crippen LogP contribution in [0.2, 0.25) is 0 Å². The van der Waals surface area contributed by atoms with Crippen LogP contribution in [0.15, 0.2) is 41.3 Å². The van der Waals surface area contributed by atoms with E-state index >= 15 is 0 Å². The highest BCUT2D eigenvalue weighted by Gasteiger charge is 2.37. The molecule has 0 radical (unpaired) electrons. The molecule has 0 spiro atoms. The number of hydrogen-bond donors (Lipinski definition) is 1. The first kappa shape index (κ1) is 20.3. The molecule has 158 valence electrons. The molecule has 2 amide bonds. The van der Waals surface area contributed by atoms with E-state index in [9.17, 15) is 14.4 Å². The van der Waals surface area contributed by atoms with Crippen LogP contribution >= 0.6 is 0 Å². The summed E-state index contributed by atoms with van der Waals surface area (Å²) in [7, 11) is 0. The summed E-state index contributed by atoms with van der Waals surface area (Å²) in [5.41, 5.74) is 2.36. The number of hydrogen-bond acceptors (Lipinski definition) is 4. The quantitative estimate of drug-likeness (QED) is 0.841. The molecule has 1 aromatic carbocycles. The lowest BCUT2D eigenvalue weighted by Gasteiger charge is -2.41. The molecule has 4 rings (SSSR count). The molecule has 2 atom stereocenters.